The average Bonchev–Trinajstić information content (AvgIpc) is 2.84. The summed E-state index contributed by atoms with van der Waals surface area (Å²) in [6, 6.07) is 19.4. The van der Waals surface area contributed by atoms with Gasteiger partial charge in [0.1, 0.15) is 6.61 Å². The predicted octanol–water partition coefficient (Wildman–Crippen LogP) is 7.25. The van der Waals surface area contributed by atoms with Gasteiger partial charge in [0.15, 0.2) is 0 Å². The van der Waals surface area contributed by atoms with Crippen LogP contribution in [0.25, 0.3) is 0 Å². The van der Waals surface area contributed by atoms with Gasteiger partial charge in [-0.1, -0.05) is 113 Å². The first-order valence-electron chi connectivity index (χ1n) is 11.9. The van der Waals surface area contributed by atoms with Gasteiger partial charge in [0.25, 0.3) is 0 Å². The molecule has 0 aliphatic heterocycles. The zero-order valence-electron chi connectivity index (χ0n) is 19.3. The zero-order chi connectivity index (χ0) is 22.9. The van der Waals surface area contributed by atoms with Crippen LogP contribution < -0.4 is 5.32 Å². The van der Waals surface area contributed by atoms with Crippen LogP contribution in [0.1, 0.15) is 69.4 Å². The average molecular weight is 460 g/mol. The highest BCUT2D eigenvalue weighted by molar-refractivity contribution is 6.18. The van der Waals surface area contributed by atoms with E-state index in [0.717, 1.165) is 24.0 Å². The Morgan fingerprint density at radius 2 is 1.41 bits per heavy atom. The lowest BCUT2D eigenvalue weighted by atomic mass is 10.0. The molecule has 2 rings (SSSR count). The number of hydrogen-bond acceptors (Lipinski definition) is 3. The summed E-state index contributed by atoms with van der Waals surface area (Å²) in [4.78, 5) is 12.4. The Morgan fingerprint density at radius 3 is 2.00 bits per heavy atom. The van der Waals surface area contributed by atoms with E-state index in [-0.39, 0.29) is 24.6 Å². The number of amides is 1. The monoisotopic (exact) mass is 459 g/mol. The van der Waals surface area contributed by atoms with Crippen LogP contribution in [-0.2, 0) is 22.7 Å². The Labute approximate surface area is 198 Å². The molecule has 176 valence electrons. The van der Waals surface area contributed by atoms with Crippen LogP contribution in [0, 0.1) is 0 Å². The molecular formula is C27H38ClNO3. The molecule has 4 nitrogen and oxygen atoms in total. The lowest BCUT2D eigenvalue weighted by molar-refractivity contribution is 0.0115. The van der Waals surface area contributed by atoms with Crippen molar-refractivity contribution in [3.8, 4) is 0 Å². The molecule has 5 heteroatoms. The number of alkyl halides is 1. The summed E-state index contributed by atoms with van der Waals surface area (Å²) in [6.45, 7) is 2.96. The maximum Gasteiger partial charge on any atom is 0.407 e. The fraction of sp³-hybridized carbons (Fsp3) is 0.519. The van der Waals surface area contributed by atoms with Crippen LogP contribution in [0.2, 0.25) is 0 Å². The van der Waals surface area contributed by atoms with E-state index in [1.165, 1.54) is 38.5 Å². The number of alkyl carbamates (subject to hydrolysis) is 1. The highest BCUT2D eigenvalue weighted by atomic mass is 35.5. The molecule has 0 heterocycles. The van der Waals surface area contributed by atoms with Crippen molar-refractivity contribution in [2.24, 2.45) is 0 Å². The third kappa shape index (κ3) is 11.0. The van der Waals surface area contributed by atoms with Crippen LogP contribution in [-0.4, -0.2) is 24.1 Å². The fourth-order valence-corrected chi connectivity index (χ4v) is 3.90. The lowest BCUT2D eigenvalue weighted by Gasteiger charge is -2.27. The minimum absolute atomic E-state index is 0.160. The first kappa shape index (κ1) is 26.2. The quantitative estimate of drug-likeness (QED) is 0.212. The molecule has 0 radical (unpaired) electrons. The highest BCUT2D eigenvalue weighted by Crippen LogP contribution is 2.17. The number of nitrogens with one attached hydrogen (secondary N) is 1. The second-order valence-corrected chi connectivity index (χ2v) is 8.52. The van der Waals surface area contributed by atoms with Crippen LogP contribution in [0.4, 0.5) is 4.79 Å². The lowest BCUT2D eigenvalue weighted by Crippen LogP contribution is -2.46. The van der Waals surface area contributed by atoms with Gasteiger partial charge in [0.05, 0.1) is 18.8 Å². The predicted molar refractivity (Wildman–Crippen MR) is 132 cm³/mol. The number of carbonyl (C=O) groups is 1. The molecule has 2 aromatic rings. The molecule has 2 atom stereocenters. The highest BCUT2D eigenvalue weighted by Gasteiger charge is 2.24. The van der Waals surface area contributed by atoms with Gasteiger partial charge < -0.3 is 14.8 Å². The molecule has 0 aliphatic rings. The first-order valence-corrected chi connectivity index (χ1v) is 12.4. The minimum Gasteiger partial charge on any atom is -0.445 e. The number of rotatable bonds is 16. The van der Waals surface area contributed by atoms with Crippen molar-refractivity contribution in [1.82, 2.24) is 5.32 Å². The Morgan fingerprint density at radius 1 is 0.844 bits per heavy atom. The van der Waals surface area contributed by atoms with Crippen molar-refractivity contribution in [3.05, 3.63) is 71.8 Å². The Kier molecular flexibility index (Phi) is 13.6. The van der Waals surface area contributed by atoms with E-state index in [1.807, 2.05) is 60.7 Å². The molecule has 0 saturated carbocycles. The molecule has 1 N–H and O–H groups in total. The molecular weight excluding hydrogens is 422 g/mol. The molecule has 2 aromatic carbocycles. The van der Waals surface area contributed by atoms with Gasteiger partial charge in [-0.2, -0.15) is 0 Å². The first-order chi connectivity index (χ1) is 15.7. The zero-order valence-corrected chi connectivity index (χ0v) is 20.1. The molecule has 0 aromatic heterocycles. The second kappa shape index (κ2) is 16.6. The maximum absolute atomic E-state index is 12.4. The van der Waals surface area contributed by atoms with E-state index < -0.39 is 6.09 Å². The topological polar surface area (TPSA) is 47.6 Å². The van der Waals surface area contributed by atoms with Crippen LogP contribution in [0.15, 0.2) is 60.7 Å². The number of ether oxygens (including phenoxy) is 2. The largest absolute Gasteiger partial charge is 0.445 e. The molecule has 0 aliphatic carbocycles. The number of hydrogen-bond donors (Lipinski definition) is 1. The molecule has 0 fully saturated rings. The summed E-state index contributed by atoms with van der Waals surface area (Å²) in [7, 11) is 0. The second-order valence-electron chi connectivity index (χ2n) is 8.21. The van der Waals surface area contributed by atoms with Crippen molar-refractivity contribution in [2.45, 2.75) is 83.6 Å². The SMILES string of the molecule is CCCCCCCCC[C@H](OCc1ccccc1)[C@@H](CCl)NC(=O)OCc1ccccc1. The van der Waals surface area contributed by atoms with Crippen molar-refractivity contribution >= 4 is 17.7 Å². The minimum atomic E-state index is -0.465. The fourth-order valence-electron chi connectivity index (χ4n) is 3.63. The number of halogens is 1. The van der Waals surface area contributed by atoms with Crippen LogP contribution in [0.5, 0.6) is 0 Å². The number of carbonyl (C=O) groups excluding carboxylic acids is 1. The van der Waals surface area contributed by atoms with E-state index in [1.54, 1.807) is 0 Å². The van der Waals surface area contributed by atoms with Crippen molar-refractivity contribution in [1.29, 1.82) is 0 Å². The normalized spacial score (nSPS) is 12.8. The number of unbranched alkanes of at least 4 members (excludes halogenated alkanes) is 6. The molecule has 0 spiro atoms. The van der Waals surface area contributed by atoms with Gasteiger partial charge in [-0.15, -0.1) is 11.6 Å². The maximum atomic E-state index is 12.4. The summed E-state index contributed by atoms with van der Waals surface area (Å²) in [6.07, 6.45) is 8.86. The smallest absolute Gasteiger partial charge is 0.407 e. The third-order valence-electron chi connectivity index (χ3n) is 5.53. The van der Waals surface area contributed by atoms with Gasteiger partial charge in [-0.05, 0) is 17.5 Å². The summed E-state index contributed by atoms with van der Waals surface area (Å²) in [5.74, 6) is 0.274. The van der Waals surface area contributed by atoms with E-state index in [2.05, 4.69) is 12.2 Å². The molecule has 32 heavy (non-hydrogen) atoms. The number of benzene rings is 2. The van der Waals surface area contributed by atoms with Crippen molar-refractivity contribution in [3.63, 3.8) is 0 Å². The van der Waals surface area contributed by atoms with Gasteiger partial charge in [0, 0.05) is 5.88 Å². The van der Waals surface area contributed by atoms with E-state index in [0.29, 0.717) is 6.61 Å². The Bertz CT molecular complexity index is 726. The van der Waals surface area contributed by atoms with Crippen molar-refractivity contribution < 1.29 is 14.3 Å². The van der Waals surface area contributed by atoms with E-state index >= 15 is 0 Å². The molecule has 0 unspecified atom stereocenters. The third-order valence-corrected chi connectivity index (χ3v) is 5.86. The Hall–Kier alpha value is -2.04. The van der Waals surface area contributed by atoms with Gasteiger partial charge in [0.2, 0.25) is 0 Å². The van der Waals surface area contributed by atoms with Gasteiger partial charge >= 0.3 is 6.09 Å². The molecule has 0 saturated heterocycles. The van der Waals surface area contributed by atoms with E-state index in [4.69, 9.17) is 21.1 Å². The Balaban J connectivity index is 1.85. The van der Waals surface area contributed by atoms with Crippen LogP contribution >= 0.6 is 11.6 Å². The summed E-state index contributed by atoms with van der Waals surface area (Å²) in [5, 5.41) is 2.92. The summed E-state index contributed by atoms with van der Waals surface area (Å²) < 4.78 is 11.6. The summed E-state index contributed by atoms with van der Waals surface area (Å²) in [5.41, 5.74) is 2.06. The molecule has 1 amide bonds. The van der Waals surface area contributed by atoms with Gasteiger partial charge in [-0.3, -0.25) is 0 Å². The van der Waals surface area contributed by atoms with Crippen molar-refractivity contribution in [2.75, 3.05) is 5.88 Å². The molecule has 0 bridgehead atoms. The van der Waals surface area contributed by atoms with Crippen LogP contribution in [0.3, 0.4) is 0 Å². The summed E-state index contributed by atoms with van der Waals surface area (Å²) >= 11 is 6.25. The standard InChI is InChI=1S/C27H38ClNO3/c1-2-3-4-5-6-7-14-19-26(31-21-23-15-10-8-11-16-23)25(20-28)29-27(30)32-22-24-17-12-9-13-18-24/h8-13,15-18,25-26H,2-7,14,19-22H2,1H3,(H,29,30)/t25-,26+/m1/s1. The van der Waals surface area contributed by atoms with Gasteiger partial charge in [-0.25, -0.2) is 4.79 Å². The van der Waals surface area contributed by atoms with E-state index in [9.17, 15) is 4.79 Å².